The molecule has 1 aliphatic heterocycles. The summed E-state index contributed by atoms with van der Waals surface area (Å²) in [6.07, 6.45) is 4.49. The molecule has 30 heavy (non-hydrogen) atoms. The van der Waals surface area contributed by atoms with E-state index < -0.39 is 0 Å². The van der Waals surface area contributed by atoms with Crippen molar-refractivity contribution in [2.75, 3.05) is 32.6 Å². The van der Waals surface area contributed by atoms with Gasteiger partial charge in [-0.1, -0.05) is 29.8 Å². The van der Waals surface area contributed by atoms with Crippen molar-refractivity contribution < 1.29 is 19.1 Å². The summed E-state index contributed by atoms with van der Waals surface area (Å²) in [6.45, 7) is 1.09. The number of carbonyl (C=O) groups excluding carboxylic acids is 2. The van der Waals surface area contributed by atoms with E-state index >= 15 is 0 Å². The van der Waals surface area contributed by atoms with Gasteiger partial charge < -0.3 is 19.7 Å². The summed E-state index contributed by atoms with van der Waals surface area (Å²) in [6, 6.07) is 12.9. The lowest BCUT2D eigenvalue weighted by atomic mass is 9.95. The second-order valence-electron chi connectivity index (χ2n) is 7.03. The van der Waals surface area contributed by atoms with Crippen LogP contribution in [0.4, 0.5) is 5.69 Å². The highest BCUT2D eigenvalue weighted by Crippen LogP contribution is 2.36. The summed E-state index contributed by atoms with van der Waals surface area (Å²) in [5.41, 5.74) is 1.53. The molecule has 1 N–H and O–H groups in total. The van der Waals surface area contributed by atoms with Crippen molar-refractivity contribution >= 4 is 35.2 Å². The van der Waals surface area contributed by atoms with Crippen molar-refractivity contribution in [3.05, 3.63) is 59.1 Å². The smallest absolute Gasteiger partial charge is 0.246 e. The molecule has 6 nitrogen and oxygen atoms in total. The molecule has 1 aliphatic rings. The van der Waals surface area contributed by atoms with Gasteiger partial charge in [-0.25, -0.2) is 0 Å². The van der Waals surface area contributed by atoms with E-state index in [1.165, 1.54) is 20.3 Å². The standard InChI is InChI=1S/C23H25ClN2O4/c1-29-20-15-16(14-19(24)22(20)30-2)8-9-21(27)26-12-10-17(11-13-26)23(28)25-18-6-4-3-5-7-18/h3-9,14-15,17H,10-13H2,1-2H3,(H,25,28). The number of ether oxygens (including phenoxy) is 2. The third-order valence-electron chi connectivity index (χ3n) is 5.09. The molecule has 0 radical (unpaired) electrons. The van der Waals surface area contributed by atoms with Gasteiger partial charge in [-0.15, -0.1) is 0 Å². The summed E-state index contributed by atoms with van der Waals surface area (Å²) in [5, 5.41) is 3.35. The molecule has 158 valence electrons. The Morgan fingerprint density at radius 3 is 2.43 bits per heavy atom. The maximum absolute atomic E-state index is 12.6. The fraction of sp³-hybridized carbons (Fsp3) is 0.304. The number of amides is 2. The molecule has 1 saturated heterocycles. The van der Waals surface area contributed by atoms with Crippen LogP contribution in [-0.2, 0) is 9.59 Å². The van der Waals surface area contributed by atoms with Crippen molar-refractivity contribution in [1.29, 1.82) is 0 Å². The lowest BCUT2D eigenvalue weighted by molar-refractivity contribution is -0.130. The van der Waals surface area contributed by atoms with Gasteiger partial charge in [0, 0.05) is 30.8 Å². The Kier molecular flexibility index (Phi) is 7.36. The largest absolute Gasteiger partial charge is 0.493 e. The van der Waals surface area contributed by atoms with Crippen LogP contribution in [0.3, 0.4) is 0 Å². The van der Waals surface area contributed by atoms with Gasteiger partial charge in [-0.05, 0) is 48.7 Å². The SMILES string of the molecule is COc1cc(C=CC(=O)N2CCC(C(=O)Nc3ccccc3)CC2)cc(Cl)c1OC. The van der Waals surface area contributed by atoms with Crippen LogP contribution in [0.1, 0.15) is 18.4 Å². The van der Waals surface area contributed by atoms with Crippen LogP contribution in [0.25, 0.3) is 6.08 Å². The van der Waals surface area contributed by atoms with Gasteiger partial charge in [0.05, 0.1) is 19.2 Å². The minimum Gasteiger partial charge on any atom is -0.493 e. The Morgan fingerprint density at radius 1 is 1.10 bits per heavy atom. The lowest BCUT2D eigenvalue weighted by Crippen LogP contribution is -2.40. The summed E-state index contributed by atoms with van der Waals surface area (Å²) < 4.78 is 10.5. The van der Waals surface area contributed by atoms with E-state index in [0.717, 1.165) is 11.3 Å². The number of benzene rings is 2. The van der Waals surface area contributed by atoms with Gasteiger partial charge in [0.15, 0.2) is 11.5 Å². The van der Waals surface area contributed by atoms with Gasteiger partial charge in [0.1, 0.15) is 0 Å². The van der Waals surface area contributed by atoms with E-state index in [-0.39, 0.29) is 17.7 Å². The normalized spacial score (nSPS) is 14.6. The van der Waals surface area contributed by atoms with Gasteiger partial charge in [-0.3, -0.25) is 9.59 Å². The maximum atomic E-state index is 12.6. The van der Waals surface area contributed by atoms with Crippen LogP contribution >= 0.6 is 11.6 Å². The number of piperidine rings is 1. The molecule has 0 atom stereocenters. The van der Waals surface area contributed by atoms with Gasteiger partial charge >= 0.3 is 0 Å². The second-order valence-corrected chi connectivity index (χ2v) is 7.43. The first-order valence-electron chi connectivity index (χ1n) is 9.76. The predicted molar refractivity (Wildman–Crippen MR) is 118 cm³/mol. The number of hydrogen-bond donors (Lipinski definition) is 1. The average molecular weight is 429 g/mol. The van der Waals surface area contributed by atoms with Gasteiger partial charge in [0.25, 0.3) is 0 Å². The number of carbonyl (C=O) groups is 2. The Labute approximate surface area is 181 Å². The number of hydrogen-bond acceptors (Lipinski definition) is 4. The van der Waals surface area contributed by atoms with E-state index in [4.69, 9.17) is 21.1 Å². The molecule has 0 bridgehead atoms. The number of nitrogens with zero attached hydrogens (tertiary/aromatic N) is 1. The topological polar surface area (TPSA) is 67.9 Å². The zero-order chi connectivity index (χ0) is 21.5. The van der Waals surface area contributed by atoms with E-state index in [9.17, 15) is 9.59 Å². The van der Waals surface area contributed by atoms with Crippen molar-refractivity contribution in [2.24, 2.45) is 5.92 Å². The number of nitrogens with one attached hydrogen (secondary N) is 1. The molecule has 0 unspecified atom stereocenters. The summed E-state index contributed by atoms with van der Waals surface area (Å²) in [7, 11) is 3.05. The van der Waals surface area contributed by atoms with Crippen LogP contribution < -0.4 is 14.8 Å². The number of para-hydroxylation sites is 1. The molecule has 0 aromatic heterocycles. The zero-order valence-corrected chi connectivity index (χ0v) is 17.8. The fourth-order valence-electron chi connectivity index (χ4n) is 3.43. The first kappa shape index (κ1) is 21.7. The molecule has 0 aliphatic carbocycles. The van der Waals surface area contributed by atoms with Crippen LogP contribution in [0.5, 0.6) is 11.5 Å². The molecule has 2 aromatic rings. The first-order valence-corrected chi connectivity index (χ1v) is 10.1. The highest BCUT2D eigenvalue weighted by atomic mass is 35.5. The highest BCUT2D eigenvalue weighted by molar-refractivity contribution is 6.32. The first-order chi connectivity index (χ1) is 14.5. The molecular weight excluding hydrogens is 404 g/mol. The van der Waals surface area contributed by atoms with Gasteiger partial charge in [-0.2, -0.15) is 0 Å². The van der Waals surface area contributed by atoms with Crippen molar-refractivity contribution in [3.8, 4) is 11.5 Å². The minimum absolute atomic E-state index is 0.00353. The van der Waals surface area contributed by atoms with Crippen molar-refractivity contribution in [2.45, 2.75) is 12.8 Å². The molecule has 0 spiro atoms. The van der Waals surface area contributed by atoms with Crippen molar-refractivity contribution in [3.63, 3.8) is 0 Å². The third-order valence-corrected chi connectivity index (χ3v) is 5.37. The number of rotatable bonds is 6. The van der Waals surface area contributed by atoms with Gasteiger partial charge in [0.2, 0.25) is 11.8 Å². The van der Waals surface area contributed by atoms with Crippen LogP contribution in [0, 0.1) is 5.92 Å². The minimum atomic E-state index is -0.0946. The highest BCUT2D eigenvalue weighted by Gasteiger charge is 2.26. The number of likely N-dealkylation sites (tertiary alicyclic amines) is 1. The monoisotopic (exact) mass is 428 g/mol. The van der Waals surface area contributed by atoms with Crippen LogP contribution in [0.15, 0.2) is 48.5 Å². The Balaban J connectivity index is 1.55. The third kappa shape index (κ3) is 5.33. The molecular formula is C23H25ClN2O4. The Bertz CT molecular complexity index is 922. The molecule has 2 aromatic carbocycles. The molecule has 1 heterocycles. The molecule has 7 heteroatoms. The summed E-state index contributed by atoms with van der Waals surface area (Å²) >= 11 is 6.21. The average Bonchev–Trinajstić information content (AvgIpc) is 2.77. The maximum Gasteiger partial charge on any atom is 0.246 e. The van der Waals surface area contributed by atoms with E-state index in [0.29, 0.717) is 42.5 Å². The summed E-state index contributed by atoms with van der Waals surface area (Å²) in [5.74, 6) is 0.773. The summed E-state index contributed by atoms with van der Waals surface area (Å²) in [4.78, 5) is 26.7. The number of methoxy groups -OCH3 is 2. The second kappa shape index (κ2) is 10.2. The van der Waals surface area contributed by atoms with E-state index in [1.54, 1.807) is 23.1 Å². The zero-order valence-electron chi connectivity index (χ0n) is 17.1. The number of anilines is 1. The quantitative estimate of drug-likeness (QED) is 0.698. The van der Waals surface area contributed by atoms with E-state index in [1.807, 2.05) is 30.3 Å². The van der Waals surface area contributed by atoms with Crippen LogP contribution in [0.2, 0.25) is 5.02 Å². The Hall–Kier alpha value is -2.99. The molecule has 1 fully saturated rings. The predicted octanol–water partition coefficient (Wildman–Crippen LogP) is 4.25. The fourth-order valence-corrected chi connectivity index (χ4v) is 3.73. The van der Waals surface area contributed by atoms with E-state index in [2.05, 4.69) is 5.32 Å². The molecule has 0 saturated carbocycles. The van der Waals surface area contributed by atoms with Crippen LogP contribution in [-0.4, -0.2) is 44.0 Å². The molecule has 3 rings (SSSR count). The number of halogens is 1. The van der Waals surface area contributed by atoms with Crippen molar-refractivity contribution in [1.82, 2.24) is 4.90 Å². The lowest BCUT2D eigenvalue weighted by Gasteiger charge is -2.30. The molecule has 2 amide bonds. The Morgan fingerprint density at radius 2 is 1.80 bits per heavy atom.